The molecule has 1 aliphatic rings. The van der Waals surface area contributed by atoms with E-state index < -0.39 is 0 Å². The first-order valence-electron chi connectivity index (χ1n) is 14.1. The van der Waals surface area contributed by atoms with Crippen LogP contribution in [0.3, 0.4) is 0 Å². The van der Waals surface area contributed by atoms with Gasteiger partial charge in [-0.25, -0.2) is 0 Å². The Morgan fingerprint density at radius 3 is 2.66 bits per heavy atom. The first kappa shape index (κ1) is 28.4. The van der Waals surface area contributed by atoms with Gasteiger partial charge >= 0.3 is 0 Å². The summed E-state index contributed by atoms with van der Waals surface area (Å²) in [4.78, 5) is 28.1. The monoisotopic (exact) mass is 569 g/mol. The van der Waals surface area contributed by atoms with Gasteiger partial charge < -0.3 is 15.0 Å². The number of hydrogen-bond donors (Lipinski definition) is 1. The van der Waals surface area contributed by atoms with Crippen LogP contribution in [0.2, 0.25) is 0 Å². The zero-order valence-electron chi connectivity index (χ0n) is 23.5. The maximum atomic E-state index is 13.3. The van der Waals surface area contributed by atoms with E-state index in [9.17, 15) is 9.59 Å². The molecule has 2 amide bonds. The first-order valence-corrected chi connectivity index (χ1v) is 15.1. The van der Waals surface area contributed by atoms with Crippen molar-refractivity contribution in [1.82, 2.24) is 20.1 Å². The molecule has 1 aromatic heterocycles. The number of nitrogens with one attached hydrogen (secondary N) is 1. The summed E-state index contributed by atoms with van der Waals surface area (Å²) in [6, 6.07) is 23.2. The van der Waals surface area contributed by atoms with Crippen molar-refractivity contribution < 1.29 is 14.3 Å². The summed E-state index contributed by atoms with van der Waals surface area (Å²) in [5, 5.41) is 12.4. The highest BCUT2D eigenvalue weighted by molar-refractivity contribution is 7.99. The van der Waals surface area contributed by atoms with Crippen molar-refractivity contribution in [2.75, 3.05) is 23.8 Å². The highest BCUT2D eigenvalue weighted by Crippen LogP contribution is 2.29. The summed E-state index contributed by atoms with van der Waals surface area (Å²) < 4.78 is 7.62. The molecule has 0 radical (unpaired) electrons. The average molecular weight is 570 g/mol. The van der Waals surface area contributed by atoms with Crippen molar-refractivity contribution in [3.63, 3.8) is 0 Å². The van der Waals surface area contributed by atoms with Crippen molar-refractivity contribution in [2.24, 2.45) is 0 Å². The number of aryl methyl sites for hydroxylation is 2. The largest absolute Gasteiger partial charge is 0.494 e. The minimum Gasteiger partial charge on any atom is -0.494 e. The van der Waals surface area contributed by atoms with Crippen LogP contribution in [0.1, 0.15) is 53.5 Å². The van der Waals surface area contributed by atoms with E-state index in [0.29, 0.717) is 29.7 Å². The number of rotatable bonds is 11. The SMILES string of the molecule is CCCCOc1ccc(C(=O)NCc2nnc(SCC(=O)N3CCCc4ccccc43)n2-c2cccc(C)c2)cc1. The van der Waals surface area contributed by atoms with Crippen LogP contribution in [0.15, 0.2) is 78.0 Å². The van der Waals surface area contributed by atoms with Crippen LogP contribution in [0.4, 0.5) is 5.69 Å². The Bertz CT molecular complexity index is 1500. The molecule has 0 aliphatic carbocycles. The van der Waals surface area contributed by atoms with E-state index >= 15 is 0 Å². The Morgan fingerprint density at radius 1 is 1.02 bits per heavy atom. The number of carbonyl (C=O) groups excluding carboxylic acids is 2. The molecular formula is C32H35N5O3S. The van der Waals surface area contributed by atoms with Gasteiger partial charge in [0, 0.05) is 23.5 Å². The number of anilines is 1. The predicted octanol–water partition coefficient (Wildman–Crippen LogP) is 5.76. The summed E-state index contributed by atoms with van der Waals surface area (Å²) in [5.74, 6) is 1.40. The molecule has 8 nitrogen and oxygen atoms in total. The van der Waals surface area contributed by atoms with Gasteiger partial charge in [-0.1, -0.05) is 55.4 Å². The van der Waals surface area contributed by atoms with Crippen molar-refractivity contribution in [1.29, 1.82) is 0 Å². The molecular weight excluding hydrogens is 534 g/mol. The second-order valence-electron chi connectivity index (χ2n) is 10.0. The lowest BCUT2D eigenvalue weighted by molar-refractivity contribution is -0.116. The average Bonchev–Trinajstić information content (AvgIpc) is 3.41. The summed E-state index contributed by atoms with van der Waals surface area (Å²) in [6.45, 7) is 5.70. The number of thioether (sulfide) groups is 1. The third-order valence-corrected chi connectivity index (χ3v) is 7.90. The molecule has 0 unspecified atom stereocenters. The Morgan fingerprint density at radius 2 is 1.85 bits per heavy atom. The van der Waals surface area contributed by atoms with Crippen LogP contribution in [0, 0.1) is 6.92 Å². The van der Waals surface area contributed by atoms with Crippen LogP contribution in [-0.4, -0.2) is 45.5 Å². The van der Waals surface area contributed by atoms with E-state index in [-0.39, 0.29) is 24.1 Å². The number of ether oxygens (including phenoxy) is 1. The fourth-order valence-corrected chi connectivity index (χ4v) is 5.68. The van der Waals surface area contributed by atoms with E-state index in [1.165, 1.54) is 17.3 Å². The van der Waals surface area contributed by atoms with Crippen molar-refractivity contribution in [2.45, 2.75) is 51.2 Å². The van der Waals surface area contributed by atoms with E-state index in [1.807, 2.05) is 71.0 Å². The molecule has 0 saturated heterocycles. The van der Waals surface area contributed by atoms with E-state index in [0.717, 1.165) is 48.4 Å². The number of amides is 2. The molecule has 0 saturated carbocycles. The number of unbranched alkanes of at least 4 members (excludes halogenated alkanes) is 1. The van der Waals surface area contributed by atoms with Crippen LogP contribution in [-0.2, 0) is 17.8 Å². The standard InChI is InChI=1S/C32H35N5O3S/c1-3-4-19-40-27-16-14-25(15-17-27)31(39)33-21-29-34-35-32(37(29)26-12-7-9-23(2)20-26)41-22-30(38)36-18-8-11-24-10-5-6-13-28(24)36/h5-7,9-10,12-17,20H,3-4,8,11,18-19,21-22H2,1-2H3,(H,33,39). The van der Waals surface area contributed by atoms with Crippen LogP contribution in [0.5, 0.6) is 5.75 Å². The molecule has 1 N–H and O–H groups in total. The molecule has 9 heteroatoms. The maximum Gasteiger partial charge on any atom is 0.251 e. The van der Waals surface area contributed by atoms with Crippen molar-refractivity contribution >= 4 is 29.3 Å². The second kappa shape index (κ2) is 13.5. The molecule has 2 heterocycles. The lowest BCUT2D eigenvalue weighted by Gasteiger charge is -2.29. The molecule has 5 rings (SSSR count). The summed E-state index contributed by atoms with van der Waals surface area (Å²) in [6.07, 6.45) is 3.99. The second-order valence-corrected chi connectivity index (χ2v) is 11.0. The number of aromatic nitrogens is 3. The van der Waals surface area contributed by atoms with Gasteiger partial charge in [0.1, 0.15) is 5.75 Å². The third kappa shape index (κ3) is 6.97. The Kier molecular flexibility index (Phi) is 9.36. The normalized spacial score (nSPS) is 12.6. The fourth-order valence-electron chi connectivity index (χ4n) is 4.83. The van der Waals surface area contributed by atoms with E-state index in [4.69, 9.17) is 4.74 Å². The third-order valence-electron chi connectivity index (χ3n) is 6.99. The van der Waals surface area contributed by atoms with Gasteiger partial charge in [-0.05, 0) is 79.8 Å². The summed E-state index contributed by atoms with van der Waals surface area (Å²) >= 11 is 1.36. The van der Waals surface area contributed by atoms with Crippen LogP contribution < -0.4 is 15.0 Å². The highest BCUT2D eigenvalue weighted by atomic mass is 32.2. The van der Waals surface area contributed by atoms with Gasteiger partial charge in [0.25, 0.3) is 5.91 Å². The molecule has 1 aliphatic heterocycles. The van der Waals surface area contributed by atoms with E-state index in [2.05, 4.69) is 28.5 Å². The quantitative estimate of drug-likeness (QED) is 0.183. The lowest BCUT2D eigenvalue weighted by atomic mass is 10.0. The minimum atomic E-state index is -0.211. The van der Waals surface area contributed by atoms with Crippen LogP contribution >= 0.6 is 11.8 Å². The summed E-state index contributed by atoms with van der Waals surface area (Å²) in [5.41, 5.74) is 4.71. The van der Waals surface area contributed by atoms with Crippen LogP contribution in [0.25, 0.3) is 5.69 Å². The first-order chi connectivity index (χ1) is 20.0. The van der Waals surface area contributed by atoms with Gasteiger partial charge in [0.15, 0.2) is 11.0 Å². The van der Waals surface area contributed by atoms with Crippen molar-refractivity contribution in [3.8, 4) is 11.4 Å². The maximum absolute atomic E-state index is 13.3. The van der Waals surface area contributed by atoms with Crippen molar-refractivity contribution in [3.05, 3.63) is 95.3 Å². The molecule has 212 valence electrons. The zero-order valence-corrected chi connectivity index (χ0v) is 24.3. The molecule has 0 fully saturated rings. The molecule has 0 bridgehead atoms. The van der Waals surface area contributed by atoms with Gasteiger partial charge in [0.2, 0.25) is 5.91 Å². The molecule has 41 heavy (non-hydrogen) atoms. The highest BCUT2D eigenvalue weighted by Gasteiger charge is 2.24. The zero-order chi connectivity index (χ0) is 28.6. The van der Waals surface area contributed by atoms with Gasteiger partial charge in [0.05, 0.1) is 18.9 Å². The number of carbonyl (C=O) groups is 2. The predicted molar refractivity (Wildman–Crippen MR) is 162 cm³/mol. The molecule has 3 aromatic carbocycles. The lowest BCUT2D eigenvalue weighted by Crippen LogP contribution is -2.36. The molecule has 0 atom stereocenters. The fraction of sp³-hybridized carbons (Fsp3) is 0.312. The molecule has 0 spiro atoms. The Hall–Kier alpha value is -4.11. The number of nitrogens with zero attached hydrogens (tertiary/aromatic N) is 4. The number of benzene rings is 3. The molecule has 4 aromatic rings. The topological polar surface area (TPSA) is 89.3 Å². The minimum absolute atomic E-state index is 0.0397. The van der Waals surface area contributed by atoms with Gasteiger partial charge in [-0.2, -0.15) is 0 Å². The summed E-state index contributed by atoms with van der Waals surface area (Å²) in [7, 11) is 0. The number of hydrogen-bond acceptors (Lipinski definition) is 6. The Balaban J connectivity index is 1.29. The van der Waals surface area contributed by atoms with Gasteiger partial charge in [-0.15, -0.1) is 10.2 Å². The smallest absolute Gasteiger partial charge is 0.251 e. The number of fused-ring (bicyclic) bond motifs is 1. The Labute approximate surface area is 245 Å². The number of para-hydroxylation sites is 1. The van der Waals surface area contributed by atoms with E-state index in [1.54, 1.807) is 12.1 Å². The van der Waals surface area contributed by atoms with Gasteiger partial charge in [-0.3, -0.25) is 14.2 Å².